The molecule has 0 radical (unpaired) electrons. The molecule has 2 N–H and O–H groups in total. The summed E-state index contributed by atoms with van der Waals surface area (Å²) in [6.07, 6.45) is 6.77. The summed E-state index contributed by atoms with van der Waals surface area (Å²) in [4.78, 5) is 37.6. The van der Waals surface area contributed by atoms with Crippen LogP contribution in [0.2, 0.25) is 0 Å². The number of ether oxygens (including phenoxy) is 1. The van der Waals surface area contributed by atoms with Crippen LogP contribution in [0.25, 0.3) is 27.5 Å². The Bertz CT molecular complexity index is 2240. The number of hydrogen-bond donors (Lipinski definition) is 2. The quantitative estimate of drug-likeness (QED) is 0.218. The van der Waals surface area contributed by atoms with E-state index in [1.165, 1.54) is 0 Å². The molecule has 4 aliphatic rings. The van der Waals surface area contributed by atoms with Gasteiger partial charge in [-0.25, -0.2) is 9.31 Å². The summed E-state index contributed by atoms with van der Waals surface area (Å²) in [5, 5.41) is 31.1. The molecule has 3 amide bonds. The molecule has 4 aliphatic heterocycles. The molecule has 55 heavy (non-hydrogen) atoms. The molecule has 4 fully saturated rings. The van der Waals surface area contributed by atoms with E-state index in [1.807, 2.05) is 41.0 Å². The van der Waals surface area contributed by atoms with E-state index in [2.05, 4.69) is 64.9 Å². The Labute approximate surface area is 322 Å². The molecule has 4 aromatic heterocycles. The van der Waals surface area contributed by atoms with Crippen molar-refractivity contribution in [1.29, 1.82) is 5.26 Å². The fourth-order valence-corrected chi connectivity index (χ4v) is 8.93. The van der Waals surface area contributed by atoms with Crippen LogP contribution >= 0.6 is 11.3 Å². The number of urea groups is 1. The second-order valence-corrected chi connectivity index (χ2v) is 15.6. The van der Waals surface area contributed by atoms with Gasteiger partial charge in [0, 0.05) is 101 Å². The number of anilines is 4. The van der Waals surface area contributed by atoms with Crippen molar-refractivity contribution in [2.45, 2.75) is 31.7 Å². The number of rotatable bonds is 9. The second kappa shape index (κ2) is 15.2. The lowest BCUT2D eigenvalue weighted by Gasteiger charge is -2.35. The number of fused-ring (bicyclic) bond motifs is 1. The van der Waals surface area contributed by atoms with Gasteiger partial charge >= 0.3 is 6.03 Å². The third-order valence-electron chi connectivity index (χ3n) is 11.0. The maximum absolute atomic E-state index is 12.3. The number of amides is 3. The zero-order valence-electron chi connectivity index (χ0n) is 30.4. The van der Waals surface area contributed by atoms with Crippen LogP contribution in [0.3, 0.4) is 0 Å². The van der Waals surface area contributed by atoms with Crippen LogP contribution in [0.15, 0.2) is 60.9 Å². The summed E-state index contributed by atoms with van der Waals surface area (Å²) in [5.74, 6) is 0.367. The molecule has 8 heterocycles. The fraction of sp³-hybridized carbons (Fsp3) is 0.410. The van der Waals surface area contributed by atoms with Gasteiger partial charge in [0.1, 0.15) is 6.07 Å². The minimum Gasteiger partial charge on any atom is -0.381 e. The van der Waals surface area contributed by atoms with Crippen molar-refractivity contribution in [3.05, 3.63) is 66.5 Å². The number of piperazine rings is 1. The fourth-order valence-electron chi connectivity index (χ4n) is 8.01. The van der Waals surface area contributed by atoms with Crippen LogP contribution in [-0.4, -0.2) is 113 Å². The van der Waals surface area contributed by atoms with Crippen LogP contribution in [0.4, 0.5) is 27.0 Å². The molecule has 0 aliphatic carbocycles. The van der Waals surface area contributed by atoms with E-state index < -0.39 is 0 Å². The van der Waals surface area contributed by atoms with Crippen molar-refractivity contribution < 1.29 is 14.3 Å². The molecule has 9 rings (SSSR count). The highest BCUT2D eigenvalue weighted by Crippen LogP contribution is 2.37. The zero-order valence-corrected chi connectivity index (χ0v) is 31.2. The highest BCUT2D eigenvalue weighted by Gasteiger charge is 2.29. The number of carbonyl (C=O) groups excluding carboxylic acids is 2. The zero-order chi connectivity index (χ0) is 37.3. The van der Waals surface area contributed by atoms with Crippen LogP contribution in [-0.2, 0) is 9.53 Å². The molecule has 0 spiro atoms. The molecule has 0 saturated carbocycles. The van der Waals surface area contributed by atoms with Crippen molar-refractivity contribution in [3.63, 3.8) is 0 Å². The molecule has 5 aromatic rings. The van der Waals surface area contributed by atoms with E-state index in [0.717, 1.165) is 128 Å². The Morgan fingerprint density at radius 1 is 0.909 bits per heavy atom. The number of imide groups is 1. The highest BCUT2D eigenvalue weighted by molar-refractivity contribution is 7.18. The second-order valence-electron chi connectivity index (χ2n) is 14.6. The van der Waals surface area contributed by atoms with Gasteiger partial charge in [0.2, 0.25) is 11.0 Å². The van der Waals surface area contributed by atoms with E-state index in [9.17, 15) is 14.9 Å². The van der Waals surface area contributed by atoms with Gasteiger partial charge in [-0.3, -0.25) is 24.9 Å². The molecule has 1 atom stereocenters. The monoisotopic (exact) mass is 758 g/mol. The highest BCUT2D eigenvalue weighted by atomic mass is 32.1. The van der Waals surface area contributed by atoms with Crippen LogP contribution in [0, 0.1) is 17.2 Å². The van der Waals surface area contributed by atoms with Crippen molar-refractivity contribution in [1.82, 2.24) is 35.0 Å². The maximum Gasteiger partial charge on any atom is 0.328 e. The van der Waals surface area contributed by atoms with Gasteiger partial charge in [0.25, 0.3) is 0 Å². The summed E-state index contributed by atoms with van der Waals surface area (Å²) in [6.45, 7) is 8.70. The first-order valence-electron chi connectivity index (χ1n) is 19.0. The molecule has 15 nitrogen and oxygen atoms in total. The van der Waals surface area contributed by atoms with Gasteiger partial charge in [0.05, 0.1) is 34.2 Å². The van der Waals surface area contributed by atoms with Gasteiger partial charge < -0.3 is 19.9 Å². The van der Waals surface area contributed by atoms with E-state index in [-0.39, 0.29) is 18.0 Å². The standard InChI is InChI=1S/C39H42N12O3S/c40-21-27-19-31-5-6-35(51(31)42-22-27)34-20-33(43-28-9-17-54-18-10-28)32(23-41-34)37-45-46-39(55-37)48-15-13-47(14-16-48)24-26-7-11-49(25-26)29-1-3-30(4-2-29)50-12-8-36(52)44-38(50)53/h1-6,19-20,22-23,26,28H,7-18,24-25H2,(H,41,43)(H,44,52,53)/t26-/m1/s1. The van der Waals surface area contributed by atoms with E-state index >= 15 is 0 Å². The molecular formula is C39H42N12O3S. The molecule has 282 valence electrons. The van der Waals surface area contributed by atoms with Gasteiger partial charge in [-0.15, -0.1) is 10.2 Å². The summed E-state index contributed by atoms with van der Waals surface area (Å²) < 4.78 is 7.44. The van der Waals surface area contributed by atoms with E-state index in [0.29, 0.717) is 24.4 Å². The Morgan fingerprint density at radius 3 is 2.53 bits per heavy atom. The lowest BCUT2D eigenvalue weighted by atomic mass is 10.1. The Kier molecular flexibility index (Phi) is 9.73. The number of nitrogens with one attached hydrogen (secondary N) is 2. The topological polar surface area (TPSA) is 160 Å². The molecular weight excluding hydrogens is 717 g/mol. The number of hydrogen-bond acceptors (Lipinski definition) is 13. The predicted molar refractivity (Wildman–Crippen MR) is 210 cm³/mol. The minimum absolute atomic E-state index is 0.222. The van der Waals surface area contributed by atoms with E-state index in [1.54, 1.807) is 22.4 Å². The Hall–Kier alpha value is -5.63. The van der Waals surface area contributed by atoms with Gasteiger partial charge in [-0.05, 0) is 73.7 Å². The number of nitrogens with zero attached hydrogens (tertiary/aromatic N) is 10. The van der Waals surface area contributed by atoms with Crippen LogP contribution in [0.1, 0.15) is 31.2 Å². The summed E-state index contributed by atoms with van der Waals surface area (Å²) in [7, 11) is 0. The number of aromatic nitrogens is 5. The summed E-state index contributed by atoms with van der Waals surface area (Å²) >= 11 is 1.61. The Morgan fingerprint density at radius 2 is 1.73 bits per heavy atom. The van der Waals surface area contributed by atoms with Crippen molar-refractivity contribution in [3.8, 4) is 28.0 Å². The van der Waals surface area contributed by atoms with Crippen molar-refractivity contribution >= 4 is 51.0 Å². The Balaban J connectivity index is 0.830. The summed E-state index contributed by atoms with van der Waals surface area (Å²) in [5.41, 5.74) is 6.84. The number of benzene rings is 1. The van der Waals surface area contributed by atoms with Gasteiger partial charge in [0.15, 0.2) is 5.01 Å². The average Bonchev–Trinajstić information content (AvgIpc) is 3.99. The predicted octanol–water partition coefficient (Wildman–Crippen LogP) is 4.47. The maximum atomic E-state index is 12.3. The number of carbonyl (C=O) groups is 2. The lowest BCUT2D eigenvalue weighted by Crippen LogP contribution is -2.49. The molecule has 0 bridgehead atoms. The SMILES string of the molecule is N#Cc1cnn2c(-c3cc(NC4CCOCC4)c(-c4nnc(N5CCN(C[C@H]6CCN(c7ccc(N8CCC(=O)NC8=O)cc7)C6)CC5)s4)cn3)ccc2c1. The van der Waals surface area contributed by atoms with Gasteiger partial charge in [-0.1, -0.05) is 11.3 Å². The minimum atomic E-state index is -0.356. The first kappa shape index (κ1) is 35.1. The normalized spacial score (nSPS) is 19.9. The molecule has 16 heteroatoms. The average molecular weight is 759 g/mol. The largest absolute Gasteiger partial charge is 0.381 e. The van der Waals surface area contributed by atoms with Gasteiger partial charge in [-0.2, -0.15) is 10.4 Å². The third-order valence-corrected chi connectivity index (χ3v) is 12.1. The van der Waals surface area contributed by atoms with Crippen LogP contribution < -0.4 is 25.3 Å². The number of nitriles is 1. The molecule has 4 saturated heterocycles. The summed E-state index contributed by atoms with van der Waals surface area (Å²) in [6, 6.07) is 18.0. The van der Waals surface area contributed by atoms with Crippen molar-refractivity contribution in [2.75, 3.05) is 85.6 Å². The number of pyridine rings is 1. The van der Waals surface area contributed by atoms with Crippen LogP contribution in [0.5, 0.6) is 0 Å². The first-order chi connectivity index (χ1) is 27.0. The van der Waals surface area contributed by atoms with Crippen molar-refractivity contribution in [2.24, 2.45) is 5.92 Å². The van der Waals surface area contributed by atoms with E-state index in [4.69, 9.17) is 9.72 Å². The molecule has 0 unspecified atom stereocenters. The first-order valence-corrected chi connectivity index (χ1v) is 19.8. The molecule has 1 aromatic carbocycles. The lowest BCUT2D eigenvalue weighted by molar-refractivity contribution is -0.120. The smallest absolute Gasteiger partial charge is 0.328 e. The third kappa shape index (κ3) is 7.42.